The molecule has 1 atom stereocenters. The first-order valence-corrected chi connectivity index (χ1v) is 6.28. The number of aromatic nitrogens is 2. The van der Waals surface area contributed by atoms with Gasteiger partial charge in [-0.25, -0.2) is 4.98 Å². The SMILES string of the molecule is CN(C)c1ncc(CNC2CCCNC2=O)n1C. The van der Waals surface area contributed by atoms with E-state index in [4.69, 9.17) is 0 Å². The molecule has 0 aliphatic carbocycles. The van der Waals surface area contributed by atoms with Crippen LogP contribution in [0, 0.1) is 0 Å². The Hall–Kier alpha value is -1.56. The lowest BCUT2D eigenvalue weighted by atomic mass is 10.1. The van der Waals surface area contributed by atoms with Crippen LogP contribution in [0.3, 0.4) is 0 Å². The summed E-state index contributed by atoms with van der Waals surface area (Å²) in [6.45, 7) is 1.46. The molecule has 0 saturated carbocycles. The first-order chi connectivity index (χ1) is 8.59. The molecule has 1 unspecified atom stereocenters. The van der Waals surface area contributed by atoms with Gasteiger partial charge in [-0.05, 0) is 12.8 Å². The Balaban J connectivity index is 1.95. The van der Waals surface area contributed by atoms with Gasteiger partial charge in [-0.15, -0.1) is 0 Å². The third-order valence-corrected chi connectivity index (χ3v) is 3.27. The van der Waals surface area contributed by atoms with E-state index in [0.29, 0.717) is 6.54 Å². The minimum absolute atomic E-state index is 0.0727. The van der Waals surface area contributed by atoms with Gasteiger partial charge in [0.15, 0.2) is 0 Å². The zero-order valence-corrected chi connectivity index (χ0v) is 11.2. The fourth-order valence-corrected chi connectivity index (χ4v) is 2.21. The van der Waals surface area contributed by atoms with Gasteiger partial charge in [0.05, 0.1) is 17.9 Å². The highest BCUT2D eigenvalue weighted by Gasteiger charge is 2.21. The van der Waals surface area contributed by atoms with Gasteiger partial charge in [-0.2, -0.15) is 0 Å². The van der Waals surface area contributed by atoms with E-state index in [1.807, 2.05) is 36.8 Å². The van der Waals surface area contributed by atoms with E-state index in [2.05, 4.69) is 15.6 Å². The summed E-state index contributed by atoms with van der Waals surface area (Å²) < 4.78 is 2.04. The van der Waals surface area contributed by atoms with Gasteiger partial charge in [0.2, 0.25) is 11.9 Å². The molecule has 2 N–H and O–H groups in total. The molecule has 100 valence electrons. The number of piperidine rings is 1. The topological polar surface area (TPSA) is 62.2 Å². The lowest BCUT2D eigenvalue weighted by Crippen LogP contribution is -2.48. The molecular formula is C12H21N5O. The van der Waals surface area contributed by atoms with Gasteiger partial charge in [0.1, 0.15) is 0 Å². The molecule has 1 aliphatic rings. The van der Waals surface area contributed by atoms with Crippen molar-refractivity contribution in [1.82, 2.24) is 20.2 Å². The second kappa shape index (κ2) is 5.39. The van der Waals surface area contributed by atoms with Crippen LogP contribution in [0.5, 0.6) is 0 Å². The predicted octanol–water partition coefficient (Wildman–Crippen LogP) is -0.146. The zero-order valence-electron chi connectivity index (χ0n) is 11.2. The van der Waals surface area contributed by atoms with Crippen LogP contribution in [0.25, 0.3) is 0 Å². The Bertz CT molecular complexity index is 426. The molecule has 6 heteroatoms. The number of anilines is 1. The maximum Gasteiger partial charge on any atom is 0.237 e. The minimum Gasteiger partial charge on any atom is -0.355 e. The average Bonchev–Trinajstić information content (AvgIpc) is 2.70. The molecule has 1 fully saturated rings. The number of carbonyl (C=O) groups is 1. The van der Waals surface area contributed by atoms with Gasteiger partial charge in [-0.1, -0.05) is 0 Å². The van der Waals surface area contributed by atoms with Crippen molar-refractivity contribution in [3.05, 3.63) is 11.9 Å². The van der Waals surface area contributed by atoms with Gasteiger partial charge in [-0.3, -0.25) is 4.79 Å². The number of amides is 1. The lowest BCUT2D eigenvalue weighted by molar-refractivity contribution is -0.124. The van der Waals surface area contributed by atoms with Crippen molar-refractivity contribution < 1.29 is 4.79 Å². The van der Waals surface area contributed by atoms with Crippen molar-refractivity contribution in [2.75, 3.05) is 25.5 Å². The molecule has 0 bridgehead atoms. The van der Waals surface area contributed by atoms with Crippen LogP contribution in [0.2, 0.25) is 0 Å². The Morgan fingerprint density at radius 1 is 1.61 bits per heavy atom. The summed E-state index contributed by atoms with van der Waals surface area (Å²) >= 11 is 0. The van der Waals surface area contributed by atoms with E-state index >= 15 is 0 Å². The Morgan fingerprint density at radius 3 is 3.00 bits per heavy atom. The number of hydrogen-bond donors (Lipinski definition) is 2. The molecule has 1 amide bonds. The molecule has 2 heterocycles. The quantitative estimate of drug-likeness (QED) is 0.781. The number of nitrogens with zero attached hydrogens (tertiary/aromatic N) is 3. The van der Waals surface area contributed by atoms with E-state index in [1.54, 1.807) is 0 Å². The fourth-order valence-electron chi connectivity index (χ4n) is 2.21. The van der Waals surface area contributed by atoms with Crippen LogP contribution < -0.4 is 15.5 Å². The summed E-state index contributed by atoms with van der Waals surface area (Å²) in [5.41, 5.74) is 1.08. The van der Waals surface area contributed by atoms with Crippen LogP contribution in [-0.2, 0) is 18.4 Å². The van der Waals surface area contributed by atoms with E-state index in [1.165, 1.54) is 0 Å². The maximum atomic E-state index is 11.6. The average molecular weight is 251 g/mol. The van der Waals surface area contributed by atoms with Crippen molar-refractivity contribution in [1.29, 1.82) is 0 Å². The van der Waals surface area contributed by atoms with Crippen LogP contribution >= 0.6 is 0 Å². The lowest BCUT2D eigenvalue weighted by Gasteiger charge is -2.23. The summed E-state index contributed by atoms with van der Waals surface area (Å²) in [4.78, 5) is 17.9. The molecule has 2 rings (SSSR count). The number of carbonyl (C=O) groups excluding carboxylic acids is 1. The zero-order chi connectivity index (χ0) is 13.1. The fraction of sp³-hybridized carbons (Fsp3) is 0.667. The van der Waals surface area contributed by atoms with E-state index in [9.17, 15) is 4.79 Å². The standard InChI is InChI=1S/C12H21N5O/c1-16(2)12-15-8-9(17(12)3)7-14-10-5-4-6-13-11(10)18/h8,10,14H,4-7H2,1-3H3,(H,13,18). The van der Waals surface area contributed by atoms with Crippen molar-refractivity contribution in [3.63, 3.8) is 0 Å². The highest BCUT2D eigenvalue weighted by atomic mass is 16.2. The molecule has 1 aromatic heterocycles. The molecule has 1 saturated heterocycles. The molecular weight excluding hydrogens is 230 g/mol. The number of nitrogens with one attached hydrogen (secondary N) is 2. The molecule has 1 aliphatic heterocycles. The predicted molar refractivity (Wildman–Crippen MR) is 70.4 cm³/mol. The van der Waals surface area contributed by atoms with Gasteiger partial charge in [0.25, 0.3) is 0 Å². The minimum atomic E-state index is -0.0727. The van der Waals surface area contributed by atoms with Crippen LogP contribution in [0.15, 0.2) is 6.20 Å². The summed E-state index contributed by atoms with van der Waals surface area (Å²) in [5, 5.41) is 6.16. The van der Waals surface area contributed by atoms with Crippen LogP contribution in [0.1, 0.15) is 18.5 Å². The smallest absolute Gasteiger partial charge is 0.237 e. The second-order valence-corrected chi connectivity index (χ2v) is 4.87. The van der Waals surface area contributed by atoms with Crippen LogP contribution in [0.4, 0.5) is 5.95 Å². The monoisotopic (exact) mass is 251 g/mol. The highest BCUT2D eigenvalue weighted by molar-refractivity contribution is 5.82. The van der Waals surface area contributed by atoms with E-state index < -0.39 is 0 Å². The number of hydrogen-bond acceptors (Lipinski definition) is 4. The number of imidazole rings is 1. The highest BCUT2D eigenvalue weighted by Crippen LogP contribution is 2.11. The molecule has 0 spiro atoms. The maximum absolute atomic E-state index is 11.6. The van der Waals surface area contributed by atoms with E-state index in [-0.39, 0.29) is 11.9 Å². The summed E-state index contributed by atoms with van der Waals surface area (Å²) in [6.07, 6.45) is 3.80. The Labute approximate surface area is 107 Å². The first kappa shape index (κ1) is 12.9. The van der Waals surface area contributed by atoms with Crippen molar-refractivity contribution in [2.45, 2.75) is 25.4 Å². The van der Waals surface area contributed by atoms with Crippen molar-refractivity contribution >= 4 is 11.9 Å². The van der Waals surface area contributed by atoms with E-state index in [0.717, 1.165) is 31.0 Å². The normalized spacial score (nSPS) is 19.7. The third kappa shape index (κ3) is 2.64. The first-order valence-electron chi connectivity index (χ1n) is 6.28. The van der Waals surface area contributed by atoms with Gasteiger partial charge in [0, 0.05) is 34.2 Å². The summed E-state index contributed by atoms with van der Waals surface area (Å²) in [7, 11) is 5.92. The molecule has 1 aromatic rings. The summed E-state index contributed by atoms with van der Waals surface area (Å²) in [6, 6.07) is -0.0727. The largest absolute Gasteiger partial charge is 0.355 e. The second-order valence-electron chi connectivity index (χ2n) is 4.87. The van der Waals surface area contributed by atoms with Gasteiger partial charge < -0.3 is 20.1 Å². The Kier molecular flexibility index (Phi) is 3.86. The Morgan fingerprint density at radius 2 is 2.39 bits per heavy atom. The third-order valence-electron chi connectivity index (χ3n) is 3.27. The van der Waals surface area contributed by atoms with Crippen molar-refractivity contribution in [3.8, 4) is 0 Å². The van der Waals surface area contributed by atoms with Crippen LogP contribution in [-0.4, -0.2) is 42.1 Å². The molecule has 0 aromatic carbocycles. The summed E-state index contributed by atoms with van der Waals surface area (Å²) in [5.74, 6) is 1.02. The van der Waals surface area contributed by atoms with Gasteiger partial charge >= 0.3 is 0 Å². The molecule has 0 radical (unpaired) electrons. The molecule has 18 heavy (non-hydrogen) atoms. The van der Waals surface area contributed by atoms with Crippen molar-refractivity contribution in [2.24, 2.45) is 7.05 Å². The molecule has 6 nitrogen and oxygen atoms in total. The number of rotatable bonds is 4.